The molecule has 0 spiro atoms. The second-order valence-electron chi connectivity index (χ2n) is 10.3. The van der Waals surface area contributed by atoms with Gasteiger partial charge in [0.2, 0.25) is 0 Å². The maximum Gasteiger partial charge on any atom is 0.281 e. The van der Waals surface area contributed by atoms with Crippen LogP contribution in [0.4, 0.5) is 5.13 Å². The van der Waals surface area contributed by atoms with Gasteiger partial charge in [-0.2, -0.15) is 0 Å². The van der Waals surface area contributed by atoms with Crippen LogP contribution in [0.15, 0.2) is 10.6 Å². The van der Waals surface area contributed by atoms with Gasteiger partial charge in [-0.3, -0.25) is 20.4 Å². The van der Waals surface area contributed by atoms with Crippen molar-refractivity contribution in [2.75, 3.05) is 31.2 Å². The molecular formula is C24H30N6O4S. The first-order chi connectivity index (χ1) is 16.7. The number of thiazole rings is 1. The highest BCUT2D eigenvalue weighted by atomic mass is 32.1. The normalized spacial score (nSPS) is 16.5. The summed E-state index contributed by atoms with van der Waals surface area (Å²) in [6.07, 6.45) is 2.70. The minimum atomic E-state index is -0.429. The van der Waals surface area contributed by atoms with E-state index >= 15 is 0 Å². The monoisotopic (exact) mass is 498 g/mol. The van der Waals surface area contributed by atoms with E-state index in [0.717, 1.165) is 36.8 Å². The lowest BCUT2D eigenvalue weighted by atomic mass is 9.89. The van der Waals surface area contributed by atoms with E-state index < -0.39 is 11.8 Å². The van der Waals surface area contributed by atoms with Crippen LogP contribution < -0.4 is 15.8 Å². The summed E-state index contributed by atoms with van der Waals surface area (Å²) in [5, 5.41) is 5.60. The Morgan fingerprint density at radius 2 is 1.86 bits per heavy atom. The fourth-order valence-electron chi connectivity index (χ4n) is 4.14. The molecule has 5 rings (SSSR count). The molecule has 0 unspecified atom stereocenters. The summed E-state index contributed by atoms with van der Waals surface area (Å²) in [6, 6.07) is 1.80. The van der Waals surface area contributed by atoms with E-state index in [1.165, 1.54) is 11.3 Å². The molecule has 1 saturated carbocycles. The lowest BCUT2D eigenvalue weighted by molar-refractivity contribution is 0.0849. The molecule has 0 bridgehead atoms. The second kappa shape index (κ2) is 9.19. The van der Waals surface area contributed by atoms with E-state index in [9.17, 15) is 9.59 Å². The number of hydrogen-bond donors (Lipinski definition) is 2. The summed E-state index contributed by atoms with van der Waals surface area (Å²) < 4.78 is 10.9. The minimum Gasteiger partial charge on any atom is -0.378 e. The van der Waals surface area contributed by atoms with Crippen LogP contribution in [0.2, 0.25) is 0 Å². The lowest BCUT2D eigenvalue weighted by Crippen LogP contribution is -2.41. The van der Waals surface area contributed by atoms with Crippen molar-refractivity contribution in [2.45, 2.75) is 52.9 Å². The van der Waals surface area contributed by atoms with Crippen molar-refractivity contribution in [3.8, 4) is 0 Å². The highest BCUT2D eigenvalue weighted by Crippen LogP contribution is 2.41. The molecule has 10 nitrogen and oxygen atoms in total. The van der Waals surface area contributed by atoms with E-state index in [2.05, 4.69) is 51.6 Å². The number of aromatic nitrogens is 3. The molecule has 0 aromatic carbocycles. The zero-order valence-electron chi connectivity index (χ0n) is 20.4. The summed E-state index contributed by atoms with van der Waals surface area (Å²) in [5.41, 5.74) is 7.99. The van der Waals surface area contributed by atoms with Crippen LogP contribution in [0.5, 0.6) is 0 Å². The first kappa shape index (κ1) is 23.7. The van der Waals surface area contributed by atoms with Crippen molar-refractivity contribution in [2.24, 2.45) is 5.41 Å². The Hall–Kier alpha value is -3.05. The Morgan fingerprint density at radius 1 is 1.14 bits per heavy atom. The molecule has 2 fully saturated rings. The predicted molar refractivity (Wildman–Crippen MR) is 132 cm³/mol. The first-order valence-electron chi connectivity index (χ1n) is 11.9. The van der Waals surface area contributed by atoms with E-state index in [1.807, 2.05) is 0 Å². The number of ether oxygens (including phenoxy) is 1. The Morgan fingerprint density at radius 3 is 2.54 bits per heavy atom. The predicted octanol–water partition coefficient (Wildman–Crippen LogP) is 3.37. The molecule has 1 aliphatic carbocycles. The van der Waals surface area contributed by atoms with E-state index in [-0.39, 0.29) is 5.41 Å². The van der Waals surface area contributed by atoms with Gasteiger partial charge in [-0.1, -0.05) is 37.3 Å². The van der Waals surface area contributed by atoms with Crippen molar-refractivity contribution in [3.05, 3.63) is 33.6 Å². The van der Waals surface area contributed by atoms with Gasteiger partial charge in [0.1, 0.15) is 4.88 Å². The van der Waals surface area contributed by atoms with Gasteiger partial charge in [-0.05, 0) is 37.7 Å². The molecule has 2 amide bonds. The van der Waals surface area contributed by atoms with Crippen LogP contribution in [-0.4, -0.2) is 53.2 Å². The number of hydrogen-bond acceptors (Lipinski definition) is 9. The van der Waals surface area contributed by atoms with Gasteiger partial charge in [0.15, 0.2) is 5.13 Å². The van der Waals surface area contributed by atoms with Crippen molar-refractivity contribution in [1.82, 2.24) is 26.0 Å². The average molecular weight is 499 g/mol. The smallest absolute Gasteiger partial charge is 0.281 e. The Labute approximate surface area is 207 Å². The summed E-state index contributed by atoms with van der Waals surface area (Å²) >= 11 is 1.31. The number of morpholine rings is 1. The van der Waals surface area contributed by atoms with Crippen molar-refractivity contribution in [1.29, 1.82) is 0 Å². The van der Waals surface area contributed by atoms with Crippen LogP contribution in [-0.2, 0) is 11.2 Å². The van der Waals surface area contributed by atoms with Crippen LogP contribution in [0.25, 0.3) is 11.1 Å². The Bertz CT molecular complexity index is 1270. The number of anilines is 1. The molecule has 1 saturated heterocycles. The van der Waals surface area contributed by atoms with Crippen LogP contribution in [0.3, 0.4) is 0 Å². The second-order valence-corrected chi connectivity index (χ2v) is 11.3. The number of pyridine rings is 1. The van der Waals surface area contributed by atoms with Crippen molar-refractivity contribution < 1.29 is 18.8 Å². The fraction of sp³-hybridized carbons (Fsp3) is 0.542. The number of fused-ring (bicyclic) bond motifs is 1. The molecule has 186 valence electrons. The Balaban J connectivity index is 1.36. The number of carbonyl (C=O) groups excluding carboxylic acids is 2. The number of nitrogens with one attached hydrogen (secondary N) is 2. The van der Waals surface area contributed by atoms with E-state index in [1.54, 1.807) is 13.0 Å². The van der Waals surface area contributed by atoms with Gasteiger partial charge < -0.3 is 14.2 Å². The van der Waals surface area contributed by atoms with Gasteiger partial charge in [0.05, 0.1) is 35.6 Å². The summed E-state index contributed by atoms with van der Waals surface area (Å²) in [7, 11) is 0. The van der Waals surface area contributed by atoms with E-state index in [0.29, 0.717) is 58.5 Å². The van der Waals surface area contributed by atoms with Gasteiger partial charge in [0, 0.05) is 24.7 Å². The molecule has 1 aliphatic heterocycles. The topological polar surface area (TPSA) is 122 Å². The third kappa shape index (κ3) is 5.15. The number of carbonyl (C=O) groups is 2. The molecule has 0 radical (unpaired) electrons. The number of aryl methyl sites for hydroxylation is 1. The highest BCUT2D eigenvalue weighted by Gasteiger charge is 2.30. The van der Waals surface area contributed by atoms with Gasteiger partial charge in [-0.15, -0.1) is 0 Å². The number of rotatable bonds is 5. The molecule has 0 atom stereocenters. The summed E-state index contributed by atoms with van der Waals surface area (Å²) in [4.78, 5) is 37.9. The zero-order chi connectivity index (χ0) is 24.7. The molecule has 3 aromatic heterocycles. The molecule has 2 N–H and O–H groups in total. The minimum absolute atomic E-state index is 0.0528. The third-order valence-corrected chi connectivity index (χ3v) is 7.25. The fourth-order valence-corrected chi connectivity index (χ4v) is 5.15. The van der Waals surface area contributed by atoms with Gasteiger partial charge in [-0.25, -0.2) is 9.97 Å². The summed E-state index contributed by atoms with van der Waals surface area (Å²) in [5.74, 6) is -0.502. The standard InChI is InChI=1S/C24H30N6O4S/c1-13-19(35-23(25-13)30-7-9-33-10-8-30)21(32)28-27-20(31)15-11-16(14-5-6-14)26-22-18(15)17(29-34-22)12-24(2,3)4/h11,14H,5-10,12H2,1-4H3,(H,27,31)(H,28,32). The SMILES string of the molecule is Cc1nc(N2CCOCC2)sc1C(=O)NNC(=O)c1cc(C2CC2)nc2onc(CC(C)(C)C)c12. The zero-order valence-corrected chi connectivity index (χ0v) is 21.3. The maximum absolute atomic E-state index is 13.3. The molecule has 3 aromatic rings. The lowest BCUT2D eigenvalue weighted by Gasteiger charge is -2.25. The van der Waals surface area contributed by atoms with Crippen LogP contribution in [0.1, 0.15) is 76.6 Å². The van der Waals surface area contributed by atoms with Crippen LogP contribution in [0, 0.1) is 12.3 Å². The average Bonchev–Trinajstić information content (AvgIpc) is 3.50. The molecular weight excluding hydrogens is 468 g/mol. The molecule has 35 heavy (non-hydrogen) atoms. The van der Waals surface area contributed by atoms with Crippen molar-refractivity contribution in [3.63, 3.8) is 0 Å². The summed E-state index contributed by atoms with van der Waals surface area (Å²) in [6.45, 7) is 10.8. The largest absolute Gasteiger partial charge is 0.378 e. The van der Waals surface area contributed by atoms with Crippen molar-refractivity contribution >= 4 is 39.4 Å². The molecule has 11 heteroatoms. The third-order valence-electron chi connectivity index (χ3n) is 6.04. The Kier molecular flexibility index (Phi) is 6.22. The maximum atomic E-state index is 13.3. The molecule has 2 aliphatic rings. The number of hydrazine groups is 1. The number of nitrogens with zero attached hydrogens (tertiary/aromatic N) is 4. The molecule has 4 heterocycles. The quantitative estimate of drug-likeness (QED) is 0.514. The van der Waals surface area contributed by atoms with E-state index in [4.69, 9.17) is 9.26 Å². The van der Waals surface area contributed by atoms with Gasteiger partial charge >= 0.3 is 0 Å². The first-order valence-corrected chi connectivity index (χ1v) is 12.7. The van der Waals surface area contributed by atoms with Crippen LogP contribution >= 0.6 is 11.3 Å². The van der Waals surface area contributed by atoms with Gasteiger partial charge in [0.25, 0.3) is 17.5 Å². The highest BCUT2D eigenvalue weighted by molar-refractivity contribution is 7.17. The number of amides is 2.